The van der Waals surface area contributed by atoms with Crippen LogP contribution in [0.3, 0.4) is 0 Å². The number of hydrogen-bond acceptors (Lipinski definition) is 6. The van der Waals surface area contributed by atoms with Gasteiger partial charge < -0.3 is 14.2 Å². The molecule has 0 atom stereocenters. The summed E-state index contributed by atoms with van der Waals surface area (Å²) in [5, 5.41) is 11.2. The molecule has 0 N–H and O–H groups in total. The number of nitrogens with zero attached hydrogens (tertiary/aromatic N) is 1. The van der Waals surface area contributed by atoms with Crippen molar-refractivity contribution in [3.63, 3.8) is 0 Å². The summed E-state index contributed by atoms with van der Waals surface area (Å²) in [6.45, 7) is 1.59. The summed E-state index contributed by atoms with van der Waals surface area (Å²) in [5.41, 5.74) is 1.56. The number of ether oxygens (including phenoxy) is 3. The van der Waals surface area contributed by atoms with Gasteiger partial charge in [0.15, 0.2) is 5.75 Å². The lowest BCUT2D eigenvalue weighted by atomic mass is 10.1. The fourth-order valence-electron chi connectivity index (χ4n) is 2.24. The number of nitro benzene ring substituents is 1. The van der Waals surface area contributed by atoms with Gasteiger partial charge in [-0.15, -0.1) is 0 Å². The van der Waals surface area contributed by atoms with Gasteiger partial charge in [0.2, 0.25) is 0 Å². The zero-order valence-corrected chi connectivity index (χ0v) is 14.7. The van der Waals surface area contributed by atoms with Crippen molar-refractivity contribution in [1.29, 1.82) is 0 Å². The largest absolute Gasteiger partial charge is 0.497 e. The summed E-state index contributed by atoms with van der Waals surface area (Å²) < 4.78 is 15.4. The van der Waals surface area contributed by atoms with Crippen LogP contribution >= 0.6 is 0 Å². The lowest BCUT2D eigenvalue weighted by Gasteiger charge is -2.10. The third-order valence-electron chi connectivity index (χ3n) is 3.60. The Morgan fingerprint density at radius 2 is 1.85 bits per heavy atom. The smallest absolute Gasteiger partial charge is 0.337 e. The lowest BCUT2D eigenvalue weighted by Crippen LogP contribution is -2.13. The van der Waals surface area contributed by atoms with E-state index in [-0.39, 0.29) is 23.6 Å². The fraction of sp³-hybridized carbons (Fsp3) is 0.211. The zero-order valence-electron chi connectivity index (χ0n) is 14.7. The first-order valence-electron chi connectivity index (χ1n) is 7.75. The van der Waals surface area contributed by atoms with Crippen molar-refractivity contribution in [2.45, 2.75) is 6.92 Å². The molecule has 7 nitrogen and oxygen atoms in total. The molecule has 0 bridgehead atoms. The highest BCUT2D eigenvalue weighted by Crippen LogP contribution is 2.28. The van der Waals surface area contributed by atoms with Crippen molar-refractivity contribution in [2.75, 3.05) is 20.8 Å². The molecule has 26 heavy (non-hydrogen) atoms. The second kappa shape index (κ2) is 8.66. The molecule has 0 amide bonds. The summed E-state index contributed by atoms with van der Waals surface area (Å²) in [5.74, 6) is 0.203. The van der Waals surface area contributed by atoms with Crippen LogP contribution in [0, 0.1) is 17.0 Å². The molecular weight excluding hydrogens is 338 g/mol. The molecule has 0 unspecified atom stereocenters. The van der Waals surface area contributed by atoms with Crippen LogP contribution in [-0.2, 0) is 9.53 Å². The first kappa shape index (κ1) is 19.0. The van der Waals surface area contributed by atoms with Gasteiger partial charge in [-0.05, 0) is 42.3 Å². The van der Waals surface area contributed by atoms with E-state index in [1.165, 1.54) is 19.2 Å². The molecule has 0 fully saturated rings. The van der Waals surface area contributed by atoms with Crippen LogP contribution in [0.15, 0.2) is 48.0 Å². The van der Waals surface area contributed by atoms with E-state index >= 15 is 0 Å². The van der Waals surface area contributed by atoms with Gasteiger partial charge in [0.25, 0.3) is 0 Å². The molecule has 0 saturated heterocycles. The van der Waals surface area contributed by atoms with Crippen molar-refractivity contribution < 1.29 is 23.9 Å². The van der Waals surface area contributed by atoms with Crippen LogP contribution in [0.2, 0.25) is 0 Å². The average Bonchev–Trinajstić information content (AvgIpc) is 2.65. The van der Waals surface area contributed by atoms with Crippen molar-refractivity contribution in [3.8, 4) is 11.5 Å². The minimum absolute atomic E-state index is 0.0881. The van der Waals surface area contributed by atoms with Crippen LogP contribution in [0.25, 0.3) is 6.08 Å². The molecule has 2 aromatic carbocycles. The number of carbonyl (C=O) groups excluding carboxylic acids is 1. The van der Waals surface area contributed by atoms with E-state index in [2.05, 4.69) is 0 Å². The average molecular weight is 357 g/mol. The molecule has 0 radical (unpaired) electrons. The Balaban J connectivity index is 2.25. The molecule has 0 aliphatic heterocycles. The molecule has 0 saturated carbocycles. The lowest BCUT2D eigenvalue weighted by molar-refractivity contribution is -0.385. The highest BCUT2D eigenvalue weighted by Gasteiger charge is 2.17. The molecule has 0 aliphatic rings. The van der Waals surface area contributed by atoms with Crippen molar-refractivity contribution in [1.82, 2.24) is 0 Å². The number of aryl methyl sites for hydroxylation is 1. The van der Waals surface area contributed by atoms with Crippen molar-refractivity contribution in [3.05, 3.63) is 69.3 Å². The van der Waals surface area contributed by atoms with Gasteiger partial charge in [0.05, 0.1) is 24.7 Å². The summed E-state index contributed by atoms with van der Waals surface area (Å²) in [4.78, 5) is 22.7. The molecule has 0 aliphatic carbocycles. The Morgan fingerprint density at radius 1 is 1.15 bits per heavy atom. The predicted octanol–water partition coefficient (Wildman–Crippen LogP) is 3.55. The van der Waals surface area contributed by atoms with Crippen LogP contribution < -0.4 is 9.47 Å². The second-order valence-corrected chi connectivity index (χ2v) is 5.45. The Bertz CT molecular complexity index is 826. The van der Waals surface area contributed by atoms with E-state index in [1.807, 2.05) is 0 Å². The Morgan fingerprint density at radius 3 is 2.42 bits per heavy atom. The molecule has 2 aromatic rings. The number of hydrogen-bond donors (Lipinski definition) is 0. The minimum Gasteiger partial charge on any atom is -0.497 e. The molecule has 0 aromatic heterocycles. The van der Waals surface area contributed by atoms with E-state index in [0.29, 0.717) is 5.75 Å². The molecule has 0 spiro atoms. The maximum absolute atomic E-state index is 12.0. The number of esters is 1. The first-order chi connectivity index (χ1) is 12.4. The summed E-state index contributed by atoms with van der Waals surface area (Å²) >= 11 is 0. The Hall–Kier alpha value is -3.35. The summed E-state index contributed by atoms with van der Waals surface area (Å²) in [6.07, 6.45) is 1.60. The monoisotopic (exact) mass is 357 g/mol. The van der Waals surface area contributed by atoms with Crippen LogP contribution in [0.5, 0.6) is 11.5 Å². The van der Waals surface area contributed by atoms with Gasteiger partial charge in [-0.1, -0.05) is 18.2 Å². The number of rotatable bonds is 7. The highest BCUT2D eigenvalue weighted by atomic mass is 16.6. The molecule has 0 heterocycles. The molecule has 136 valence electrons. The molecular formula is C19H19NO6. The van der Waals surface area contributed by atoms with E-state index in [4.69, 9.17) is 14.2 Å². The predicted molar refractivity (Wildman–Crippen MR) is 96.3 cm³/mol. The quantitative estimate of drug-likeness (QED) is 0.326. The zero-order chi connectivity index (χ0) is 19.1. The Kier molecular flexibility index (Phi) is 6.32. The van der Waals surface area contributed by atoms with Gasteiger partial charge in [0.1, 0.15) is 12.4 Å². The van der Waals surface area contributed by atoms with Crippen LogP contribution in [-0.4, -0.2) is 31.7 Å². The van der Waals surface area contributed by atoms with Gasteiger partial charge in [0, 0.05) is 6.07 Å². The van der Waals surface area contributed by atoms with Crippen molar-refractivity contribution in [2.24, 2.45) is 0 Å². The third kappa shape index (κ3) is 4.83. The van der Waals surface area contributed by atoms with E-state index in [0.717, 1.165) is 11.1 Å². The molecule has 2 rings (SSSR count). The maximum atomic E-state index is 12.0. The number of benzene rings is 2. The summed E-state index contributed by atoms with van der Waals surface area (Å²) in [7, 11) is 2.82. The Labute approximate surface area is 151 Å². The SMILES string of the molecule is COC(=O)/C(=C/c1ccc(OC)cc1)COc1ccc(C)cc1[N+](=O)[O-]. The minimum atomic E-state index is -0.574. The van der Waals surface area contributed by atoms with Gasteiger partial charge in [-0.25, -0.2) is 4.79 Å². The first-order valence-corrected chi connectivity index (χ1v) is 7.75. The standard InChI is InChI=1S/C19H19NO6/c1-13-4-9-18(17(10-13)20(22)23)26-12-15(19(21)25-3)11-14-5-7-16(24-2)8-6-14/h4-11H,12H2,1-3H3/b15-11+. The van der Waals surface area contributed by atoms with E-state index in [1.54, 1.807) is 50.4 Å². The van der Waals surface area contributed by atoms with Gasteiger partial charge in [-0.2, -0.15) is 0 Å². The number of nitro groups is 1. The van der Waals surface area contributed by atoms with Crippen LogP contribution in [0.1, 0.15) is 11.1 Å². The fourth-order valence-corrected chi connectivity index (χ4v) is 2.24. The normalized spacial score (nSPS) is 11.0. The van der Waals surface area contributed by atoms with E-state index < -0.39 is 10.9 Å². The molecule has 7 heteroatoms. The van der Waals surface area contributed by atoms with Crippen LogP contribution in [0.4, 0.5) is 5.69 Å². The number of methoxy groups -OCH3 is 2. The van der Waals surface area contributed by atoms with E-state index in [9.17, 15) is 14.9 Å². The van der Waals surface area contributed by atoms with Gasteiger partial charge in [-0.3, -0.25) is 10.1 Å². The second-order valence-electron chi connectivity index (χ2n) is 5.45. The highest BCUT2D eigenvalue weighted by molar-refractivity contribution is 5.94. The topological polar surface area (TPSA) is 87.9 Å². The number of carbonyl (C=O) groups is 1. The maximum Gasteiger partial charge on any atom is 0.337 e. The summed E-state index contributed by atoms with van der Waals surface area (Å²) in [6, 6.07) is 11.7. The third-order valence-corrected chi connectivity index (χ3v) is 3.60. The van der Waals surface area contributed by atoms with Gasteiger partial charge >= 0.3 is 11.7 Å². The van der Waals surface area contributed by atoms with Crippen molar-refractivity contribution >= 4 is 17.7 Å².